The van der Waals surface area contributed by atoms with Crippen molar-refractivity contribution in [2.45, 2.75) is 41.9 Å². The Morgan fingerprint density at radius 2 is 1.72 bits per heavy atom. The van der Waals surface area contributed by atoms with Crippen molar-refractivity contribution in [1.82, 2.24) is 9.88 Å². The minimum atomic E-state index is -0.514. The first-order chi connectivity index (χ1) is 22.7. The van der Waals surface area contributed by atoms with Gasteiger partial charge in [-0.2, -0.15) is 0 Å². The summed E-state index contributed by atoms with van der Waals surface area (Å²) in [6, 6.07) is 11.2. The van der Waals surface area contributed by atoms with Crippen molar-refractivity contribution in [3.63, 3.8) is 0 Å². The standard InChI is InChI=1S/C33H32N4O8S2/c1-44-22-13-16(5-10-21(22)45-15-23(38)35-11-3-2-4-12-35)24-25-19-14-20(28(25)46-30-29(24)47-33(41)34-30)27-26(19)31(39)36(32(27)40)17-6-8-18(9-7-17)37(42)43/h5-10,13,19-20,24-28H,2-4,11-12,14-15H2,1H3,(H,34,41)/t19?,20?,24-,25?,26?,27?,28?/m1/s1. The molecule has 1 N–H and O–H groups in total. The van der Waals surface area contributed by atoms with Crippen molar-refractivity contribution >= 4 is 52.2 Å². The average molecular weight is 677 g/mol. The number of ether oxygens (including phenoxy) is 2. The van der Waals surface area contributed by atoms with Crippen molar-refractivity contribution in [1.29, 1.82) is 0 Å². The molecule has 3 aromatic rings. The molecule has 2 saturated heterocycles. The Balaban J connectivity index is 1.10. The number of rotatable bonds is 7. The van der Waals surface area contributed by atoms with E-state index in [1.807, 2.05) is 17.0 Å². The van der Waals surface area contributed by atoms with Gasteiger partial charge >= 0.3 is 4.87 Å². The zero-order valence-corrected chi connectivity index (χ0v) is 27.1. The summed E-state index contributed by atoms with van der Waals surface area (Å²) < 4.78 is 11.7. The maximum atomic E-state index is 14.0. The fourth-order valence-corrected chi connectivity index (χ4v) is 11.6. The quantitative estimate of drug-likeness (QED) is 0.218. The number of imide groups is 1. The third kappa shape index (κ3) is 4.78. The molecule has 8 rings (SSSR count). The maximum Gasteiger partial charge on any atom is 0.305 e. The van der Waals surface area contributed by atoms with Gasteiger partial charge in [-0.1, -0.05) is 17.4 Å². The minimum Gasteiger partial charge on any atom is -0.493 e. The van der Waals surface area contributed by atoms with Crippen LogP contribution in [-0.4, -0.2) is 64.6 Å². The first kappa shape index (κ1) is 30.2. The molecule has 3 amide bonds. The largest absolute Gasteiger partial charge is 0.493 e. The number of amides is 3. The molecule has 244 valence electrons. The molecule has 7 atom stereocenters. The van der Waals surface area contributed by atoms with E-state index < -0.39 is 16.8 Å². The lowest BCUT2D eigenvalue weighted by Gasteiger charge is -2.43. The molecular weight excluding hydrogens is 645 g/mol. The number of nitrogens with zero attached hydrogens (tertiary/aromatic N) is 3. The molecule has 2 saturated carbocycles. The van der Waals surface area contributed by atoms with E-state index in [0.717, 1.165) is 54.2 Å². The lowest BCUT2D eigenvalue weighted by atomic mass is 9.68. The van der Waals surface area contributed by atoms with Crippen LogP contribution >= 0.6 is 23.1 Å². The first-order valence-corrected chi connectivity index (χ1v) is 17.5. The number of carbonyl (C=O) groups is 3. The molecule has 3 aliphatic heterocycles. The topological polar surface area (TPSA) is 152 Å². The van der Waals surface area contributed by atoms with Crippen LogP contribution in [0.3, 0.4) is 0 Å². The number of carbonyl (C=O) groups excluding carboxylic acids is 3. The van der Waals surface area contributed by atoms with Crippen molar-refractivity contribution < 1.29 is 28.8 Å². The number of thioether (sulfide) groups is 1. The molecular formula is C33H32N4O8S2. The summed E-state index contributed by atoms with van der Waals surface area (Å²) in [6.45, 7) is 1.40. The summed E-state index contributed by atoms with van der Waals surface area (Å²) in [7, 11) is 1.55. The number of nitrogens with one attached hydrogen (secondary N) is 1. The number of aromatic amines is 1. The molecule has 2 aliphatic carbocycles. The molecule has 2 aromatic carbocycles. The van der Waals surface area contributed by atoms with E-state index >= 15 is 0 Å². The summed E-state index contributed by atoms with van der Waals surface area (Å²) in [5.41, 5.74) is 1.14. The van der Waals surface area contributed by atoms with Gasteiger partial charge in [0.05, 0.1) is 34.6 Å². The molecule has 1 aromatic heterocycles. The van der Waals surface area contributed by atoms with Crippen LogP contribution in [0.15, 0.2) is 52.3 Å². The van der Waals surface area contributed by atoms with Gasteiger partial charge in [-0.25, -0.2) is 0 Å². The minimum absolute atomic E-state index is 0.00152. The Bertz CT molecular complexity index is 1850. The second-order valence-corrected chi connectivity index (χ2v) is 15.1. The number of methoxy groups -OCH3 is 1. The highest BCUT2D eigenvalue weighted by Gasteiger charge is 2.69. The number of fused-ring (bicyclic) bond motifs is 9. The average Bonchev–Trinajstić information content (AvgIpc) is 3.82. The van der Waals surface area contributed by atoms with Gasteiger partial charge in [0.1, 0.15) is 0 Å². The third-order valence-corrected chi connectivity index (χ3v) is 13.2. The van der Waals surface area contributed by atoms with Gasteiger partial charge < -0.3 is 19.4 Å². The number of benzene rings is 2. The van der Waals surface area contributed by atoms with Crippen LogP contribution in [0.1, 0.15) is 42.0 Å². The molecule has 47 heavy (non-hydrogen) atoms. The number of aromatic nitrogens is 1. The van der Waals surface area contributed by atoms with E-state index in [1.54, 1.807) is 24.9 Å². The number of hydrogen-bond acceptors (Lipinski definition) is 10. The van der Waals surface area contributed by atoms with Crippen molar-refractivity contribution in [3.8, 4) is 11.5 Å². The van der Waals surface area contributed by atoms with E-state index in [2.05, 4.69) is 4.98 Å². The highest BCUT2D eigenvalue weighted by Crippen LogP contribution is 2.68. The van der Waals surface area contributed by atoms with E-state index in [9.17, 15) is 29.3 Å². The SMILES string of the molecule is COc1cc([C@H]2c3sc(=O)[nH]c3SC3C4CC(C5C(=O)N(c6ccc([N+](=O)[O-])cc6)C(=O)C45)C32)ccc1OCC(=O)N1CCCCC1. The number of likely N-dealkylation sites (tertiary alicyclic amines) is 1. The molecule has 0 radical (unpaired) electrons. The number of nitro benzene ring substituents is 1. The predicted octanol–water partition coefficient (Wildman–Crippen LogP) is 4.42. The molecule has 12 nitrogen and oxygen atoms in total. The Hall–Kier alpha value is -4.17. The maximum absolute atomic E-state index is 14.0. The Morgan fingerprint density at radius 1 is 1.00 bits per heavy atom. The van der Waals surface area contributed by atoms with E-state index in [1.165, 1.54) is 40.5 Å². The van der Waals surface area contributed by atoms with Crippen molar-refractivity contribution in [3.05, 3.63) is 72.7 Å². The first-order valence-electron chi connectivity index (χ1n) is 15.9. The van der Waals surface area contributed by atoms with Crippen molar-refractivity contribution in [2.75, 3.05) is 31.7 Å². The zero-order chi connectivity index (χ0) is 32.6. The number of nitro groups is 1. The van der Waals surface area contributed by atoms with E-state index in [0.29, 0.717) is 17.2 Å². The zero-order valence-electron chi connectivity index (χ0n) is 25.5. The number of non-ortho nitro benzene ring substituents is 1. The van der Waals surface area contributed by atoms with Crippen LogP contribution in [0.2, 0.25) is 0 Å². The predicted molar refractivity (Wildman–Crippen MR) is 173 cm³/mol. The number of thiazole rings is 1. The molecule has 5 aliphatic rings. The molecule has 0 spiro atoms. The highest BCUT2D eigenvalue weighted by molar-refractivity contribution is 8.00. The summed E-state index contributed by atoms with van der Waals surface area (Å²) >= 11 is 2.78. The molecule has 2 bridgehead atoms. The Morgan fingerprint density at radius 3 is 2.43 bits per heavy atom. The van der Waals surface area contributed by atoms with Crippen molar-refractivity contribution in [2.24, 2.45) is 29.6 Å². The number of hydrogen-bond donors (Lipinski definition) is 1. The third-order valence-electron chi connectivity index (χ3n) is 10.6. The van der Waals surface area contributed by atoms with Gasteiger partial charge in [-0.15, -0.1) is 11.8 Å². The van der Waals surface area contributed by atoms with Gasteiger partial charge in [-0.05, 0) is 73.3 Å². The molecule has 4 fully saturated rings. The van der Waals surface area contributed by atoms with Gasteiger partial charge in [0.25, 0.3) is 11.6 Å². The lowest BCUT2D eigenvalue weighted by Crippen LogP contribution is -2.42. The number of piperidine rings is 1. The molecule has 6 unspecified atom stereocenters. The van der Waals surface area contributed by atoms with Crippen LogP contribution < -0.4 is 19.2 Å². The van der Waals surface area contributed by atoms with Crippen LogP contribution in [0.25, 0.3) is 0 Å². The van der Waals surface area contributed by atoms with Gasteiger partial charge in [0.2, 0.25) is 11.8 Å². The van der Waals surface area contributed by atoms with Crippen LogP contribution in [0, 0.1) is 39.7 Å². The summed E-state index contributed by atoms with van der Waals surface area (Å²) in [6.07, 6.45) is 3.86. The second-order valence-electron chi connectivity index (χ2n) is 12.9. The monoisotopic (exact) mass is 676 g/mol. The van der Waals surface area contributed by atoms with E-state index in [-0.39, 0.29) is 63.8 Å². The number of anilines is 1. The van der Waals surface area contributed by atoms with Crippen LogP contribution in [0.4, 0.5) is 11.4 Å². The number of H-pyrrole nitrogens is 1. The molecule has 14 heteroatoms. The van der Waals surface area contributed by atoms with Crippen LogP contribution in [0.5, 0.6) is 11.5 Å². The van der Waals surface area contributed by atoms with Crippen LogP contribution in [-0.2, 0) is 14.4 Å². The van der Waals surface area contributed by atoms with Gasteiger partial charge in [0, 0.05) is 41.3 Å². The normalized spacial score (nSPS) is 29.0. The second kappa shape index (κ2) is 11.5. The van der Waals surface area contributed by atoms with E-state index in [4.69, 9.17) is 9.47 Å². The highest BCUT2D eigenvalue weighted by atomic mass is 32.2. The Kier molecular flexibility index (Phi) is 7.39. The lowest BCUT2D eigenvalue weighted by molar-refractivity contribution is -0.384. The summed E-state index contributed by atoms with van der Waals surface area (Å²) in [5, 5.41) is 12.0. The summed E-state index contributed by atoms with van der Waals surface area (Å²) in [4.78, 5) is 70.8. The fourth-order valence-electron chi connectivity index (χ4n) is 8.74. The van der Waals surface area contributed by atoms with Gasteiger partial charge in [0.15, 0.2) is 18.1 Å². The fraction of sp³-hybridized carbons (Fsp3) is 0.455. The molecule has 4 heterocycles. The van der Waals surface area contributed by atoms with Gasteiger partial charge in [-0.3, -0.25) is 34.2 Å². The summed E-state index contributed by atoms with van der Waals surface area (Å²) in [5.74, 6) is -1.03. The Labute approximate surface area is 277 Å². The smallest absolute Gasteiger partial charge is 0.305 e.